The summed E-state index contributed by atoms with van der Waals surface area (Å²) in [5.41, 5.74) is 4.24. The number of hydrogen-bond acceptors (Lipinski definition) is 4. The Morgan fingerprint density at radius 1 is 0.889 bits per heavy atom. The number of rotatable bonds is 5. The molecule has 2 aromatic heterocycles. The largest absolute Gasteiger partial charge is 0.416 e. The van der Waals surface area contributed by atoms with Crippen LogP contribution in [-0.4, -0.2) is 21.1 Å². The first-order valence-electron chi connectivity index (χ1n) is 11.0. The van der Waals surface area contributed by atoms with Gasteiger partial charge in [-0.05, 0) is 48.4 Å². The van der Waals surface area contributed by atoms with Gasteiger partial charge in [-0.15, -0.1) is 11.3 Å². The lowest BCUT2D eigenvalue weighted by Gasteiger charge is -2.08. The van der Waals surface area contributed by atoms with Gasteiger partial charge in [-0.2, -0.15) is 18.3 Å². The number of aromatic nitrogens is 3. The molecule has 0 saturated carbocycles. The molecule has 5 nitrogen and oxygen atoms in total. The maximum absolute atomic E-state index is 12.7. The molecule has 0 atom stereocenters. The number of carbonyl (C=O) groups excluding carboxylic acids is 1. The minimum atomic E-state index is -4.44. The maximum atomic E-state index is 12.7. The highest BCUT2D eigenvalue weighted by molar-refractivity contribution is 7.18. The van der Waals surface area contributed by atoms with Crippen molar-refractivity contribution < 1.29 is 18.0 Å². The van der Waals surface area contributed by atoms with E-state index in [1.54, 1.807) is 6.07 Å². The Balaban J connectivity index is 1.32. The number of carbonyl (C=O) groups is 1. The van der Waals surface area contributed by atoms with Gasteiger partial charge in [0.15, 0.2) is 5.69 Å². The summed E-state index contributed by atoms with van der Waals surface area (Å²) < 4.78 is 38.2. The second-order valence-electron chi connectivity index (χ2n) is 8.07. The van der Waals surface area contributed by atoms with Gasteiger partial charge in [0.1, 0.15) is 5.01 Å². The highest BCUT2D eigenvalue weighted by Gasteiger charge is 2.30. The van der Waals surface area contributed by atoms with Gasteiger partial charge in [0.05, 0.1) is 21.8 Å². The van der Waals surface area contributed by atoms with Gasteiger partial charge < -0.3 is 5.32 Å². The van der Waals surface area contributed by atoms with E-state index in [0.29, 0.717) is 5.69 Å². The highest BCUT2D eigenvalue weighted by atomic mass is 32.1. The average Bonchev–Trinajstić information content (AvgIpc) is 3.51. The van der Waals surface area contributed by atoms with E-state index < -0.39 is 17.6 Å². The summed E-state index contributed by atoms with van der Waals surface area (Å²) >= 11 is 1.48. The van der Waals surface area contributed by atoms with Crippen LogP contribution in [0.1, 0.15) is 21.7 Å². The summed E-state index contributed by atoms with van der Waals surface area (Å²) in [7, 11) is 0. The van der Waals surface area contributed by atoms with Crippen molar-refractivity contribution in [1.82, 2.24) is 15.2 Å². The fraction of sp³-hybridized carbons (Fsp3) is 0.0741. The van der Waals surface area contributed by atoms with E-state index in [0.717, 1.165) is 44.4 Å². The van der Waals surface area contributed by atoms with Crippen molar-refractivity contribution in [3.05, 3.63) is 102 Å². The fourth-order valence-corrected chi connectivity index (χ4v) is 4.74. The Morgan fingerprint density at radius 3 is 2.19 bits per heavy atom. The summed E-state index contributed by atoms with van der Waals surface area (Å²) in [5, 5.41) is 10.3. The number of hydrogen-bond donors (Lipinski definition) is 2. The smallest absolute Gasteiger partial charge is 0.321 e. The van der Waals surface area contributed by atoms with Crippen LogP contribution in [0, 0.1) is 6.92 Å². The minimum absolute atomic E-state index is 0.117. The number of thiazole rings is 1. The van der Waals surface area contributed by atoms with Crippen LogP contribution in [0.15, 0.2) is 84.9 Å². The molecule has 0 aliphatic carbocycles. The van der Waals surface area contributed by atoms with E-state index in [1.165, 1.54) is 23.5 Å². The quantitative estimate of drug-likeness (QED) is 0.261. The predicted molar refractivity (Wildman–Crippen MR) is 135 cm³/mol. The lowest BCUT2D eigenvalue weighted by Crippen LogP contribution is -2.12. The van der Waals surface area contributed by atoms with E-state index in [2.05, 4.69) is 44.8 Å². The monoisotopic (exact) mass is 504 g/mol. The summed E-state index contributed by atoms with van der Waals surface area (Å²) in [6.45, 7) is 1.89. The van der Waals surface area contributed by atoms with Crippen molar-refractivity contribution in [2.45, 2.75) is 13.1 Å². The van der Waals surface area contributed by atoms with Gasteiger partial charge in [0, 0.05) is 11.3 Å². The van der Waals surface area contributed by atoms with Gasteiger partial charge in [-0.1, -0.05) is 54.6 Å². The molecule has 0 bridgehead atoms. The minimum Gasteiger partial charge on any atom is -0.321 e. The Hall–Kier alpha value is -4.24. The van der Waals surface area contributed by atoms with E-state index in [1.807, 2.05) is 37.3 Å². The molecule has 0 saturated heterocycles. The fourth-order valence-electron chi connectivity index (χ4n) is 3.70. The van der Waals surface area contributed by atoms with E-state index in [9.17, 15) is 18.0 Å². The highest BCUT2D eigenvalue weighted by Crippen LogP contribution is 2.35. The van der Waals surface area contributed by atoms with Crippen LogP contribution in [0.5, 0.6) is 0 Å². The molecule has 9 heteroatoms. The zero-order valence-electron chi connectivity index (χ0n) is 18.9. The molecule has 0 fully saturated rings. The molecule has 180 valence electrons. The van der Waals surface area contributed by atoms with E-state index in [-0.39, 0.29) is 11.4 Å². The molecule has 2 N–H and O–H groups in total. The van der Waals surface area contributed by atoms with Crippen molar-refractivity contribution in [3.63, 3.8) is 0 Å². The van der Waals surface area contributed by atoms with Crippen molar-refractivity contribution in [1.29, 1.82) is 0 Å². The van der Waals surface area contributed by atoms with Gasteiger partial charge in [0.25, 0.3) is 5.91 Å². The van der Waals surface area contributed by atoms with Crippen LogP contribution in [0.3, 0.4) is 0 Å². The summed E-state index contributed by atoms with van der Waals surface area (Å²) in [6.07, 6.45) is -4.44. The molecule has 3 aromatic carbocycles. The molecule has 0 radical (unpaired) electrons. The van der Waals surface area contributed by atoms with Crippen LogP contribution in [0.4, 0.5) is 18.9 Å². The Kier molecular flexibility index (Phi) is 6.15. The SMILES string of the molecule is Cc1nc(-c2ccc(-c3ccccc3)cc2)sc1-c1cc(C(=O)Nc2ccc(C(F)(F)F)cc2)n[nH]1. The molecule has 36 heavy (non-hydrogen) atoms. The van der Waals surface area contributed by atoms with E-state index in [4.69, 9.17) is 0 Å². The predicted octanol–water partition coefficient (Wildman–Crippen LogP) is 7.45. The molecule has 2 heterocycles. The Bertz CT molecular complexity index is 1510. The summed E-state index contributed by atoms with van der Waals surface area (Å²) in [4.78, 5) is 18.1. The van der Waals surface area contributed by atoms with Crippen LogP contribution < -0.4 is 5.32 Å². The van der Waals surface area contributed by atoms with Crippen LogP contribution in [-0.2, 0) is 6.18 Å². The van der Waals surface area contributed by atoms with Gasteiger partial charge in [-0.25, -0.2) is 4.98 Å². The van der Waals surface area contributed by atoms with Crippen molar-refractivity contribution >= 4 is 22.9 Å². The number of H-pyrrole nitrogens is 1. The number of anilines is 1. The van der Waals surface area contributed by atoms with Gasteiger partial charge in [-0.3, -0.25) is 9.89 Å². The third-order valence-electron chi connectivity index (χ3n) is 5.56. The number of nitrogens with one attached hydrogen (secondary N) is 2. The van der Waals surface area contributed by atoms with Crippen LogP contribution >= 0.6 is 11.3 Å². The second-order valence-corrected chi connectivity index (χ2v) is 9.07. The number of aromatic amines is 1. The lowest BCUT2D eigenvalue weighted by atomic mass is 10.0. The molecule has 0 unspecified atom stereocenters. The molecule has 0 aliphatic rings. The standard InChI is InChI=1S/C27H19F3N4OS/c1-16-24(36-26(31-16)19-9-7-18(8-10-19)17-5-3-2-4-6-17)22-15-23(34-33-22)25(35)32-21-13-11-20(12-14-21)27(28,29)30/h2-15H,1H3,(H,32,35)(H,33,34). The first-order valence-corrected chi connectivity index (χ1v) is 11.8. The average molecular weight is 505 g/mol. The first-order chi connectivity index (χ1) is 17.3. The molecule has 0 aliphatic heterocycles. The second kappa shape index (κ2) is 9.43. The van der Waals surface area contributed by atoms with Gasteiger partial charge in [0.2, 0.25) is 0 Å². The molecular weight excluding hydrogens is 485 g/mol. The number of nitrogens with zero attached hydrogens (tertiary/aromatic N) is 2. The number of amides is 1. The number of halogens is 3. The maximum Gasteiger partial charge on any atom is 0.416 e. The van der Waals surface area contributed by atoms with Crippen LogP contribution in [0.2, 0.25) is 0 Å². The topological polar surface area (TPSA) is 70.7 Å². The van der Waals surface area contributed by atoms with Gasteiger partial charge >= 0.3 is 6.18 Å². The number of alkyl halides is 3. The molecule has 0 spiro atoms. The zero-order chi connectivity index (χ0) is 25.3. The summed E-state index contributed by atoms with van der Waals surface area (Å²) in [6, 6.07) is 24.1. The van der Waals surface area contributed by atoms with E-state index >= 15 is 0 Å². The molecule has 5 aromatic rings. The third kappa shape index (κ3) is 4.92. The lowest BCUT2D eigenvalue weighted by molar-refractivity contribution is -0.137. The number of benzene rings is 3. The Labute approximate surface area is 208 Å². The van der Waals surface area contributed by atoms with Crippen molar-refractivity contribution in [2.24, 2.45) is 0 Å². The summed E-state index contributed by atoms with van der Waals surface area (Å²) in [5.74, 6) is -0.531. The normalized spacial score (nSPS) is 11.4. The zero-order valence-corrected chi connectivity index (χ0v) is 19.7. The van der Waals surface area contributed by atoms with Crippen molar-refractivity contribution in [3.8, 4) is 32.3 Å². The third-order valence-corrected chi connectivity index (χ3v) is 6.80. The van der Waals surface area contributed by atoms with Crippen LogP contribution in [0.25, 0.3) is 32.3 Å². The first kappa shape index (κ1) is 23.5. The number of aryl methyl sites for hydroxylation is 1. The molecule has 5 rings (SSSR count). The molecular formula is C27H19F3N4OS. The Morgan fingerprint density at radius 2 is 1.53 bits per heavy atom. The van der Waals surface area contributed by atoms with Crippen molar-refractivity contribution in [2.75, 3.05) is 5.32 Å². The molecule has 1 amide bonds.